The first-order valence-electron chi connectivity index (χ1n) is 2.83. The van der Waals surface area contributed by atoms with E-state index in [1.165, 1.54) is 13.1 Å². The van der Waals surface area contributed by atoms with Gasteiger partial charge in [0.1, 0.15) is 6.54 Å². The Morgan fingerprint density at radius 3 is 2.55 bits per heavy atom. The molecule has 0 atom stereocenters. The number of nitrogens with one attached hydrogen (secondary N) is 2. The number of nitrogens with zero attached hydrogens (tertiary/aromatic N) is 1. The van der Waals surface area contributed by atoms with Gasteiger partial charge in [0.2, 0.25) is 5.96 Å². The van der Waals surface area contributed by atoms with Crippen LogP contribution in [-0.4, -0.2) is 24.9 Å². The number of rotatable bonds is 1. The molecule has 0 radical (unpaired) electrons. The van der Waals surface area contributed by atoms with Crippen LogP contribution in [0.5, 0.6) is 0 Å². The first kappa shape index (κ1) is 9.93. The van der Waals surface area contributed by atoms with E-state index in [4.69, 9.17) is 5.41 Å². The molecule has 0 aliphatic heterocycles. The molecule has 2 N–H and O–H groups in total. The Balaban J connectivity index is 3.63. The van der Waals surface area contributed by atoms with Gasteiger partial charge in [0.15, 0.2) is 0 Å². The van der Waals surface area contributed by atoms with Gasteiger partial charge in [0, 0.05) is 6.21 Å². The van der Waals surface area contributed by atoms with Crippen molar-refractivity contribution >= 4 is 12.2 Å². The van der Waals surface area contributed by atoms with Crippen LogP contribution < -0.4 is 5.32 Å². The Hall–Kier alpha value is -1.07. The molecule has 0 amide bonds. The smallest absolute Gasteiger partial charge is 0.346 e. The lowest BCUT2D eigenvalue weighted by atomic mass is 10.6. The second-order valence-electron chi connectivity index (χ2n) is 1.70. The molecule has 0 fully saturated rings. The van der Waals surface area contributed by atoms with Gasteiger partial charge in [-0.25, -0.2) is 4.99 Å². The molecule has 0 bridgehead atoms. The van der Waals surface area contributed by atoms with Gasteiger partial charge in [0.05, 0.1) is 0 Å². The first-order valence-corrected chi connectivity index (χ1v) is 2.83. The molecule has 3 nitrogen and oxygen atoms in total. The van der Waals surface area contributed by atoms with E-state index in [0.717, 1.165) is 0 Å². The Morgan fingerprint density at radius 1 is 1.64 bits per heavy atom. The van der Waals surface area contributed by atoms with Crippen molar-refractivity contribution in [1.82, 2.24) is 5.32 Å². The molecule has 0 aliphatic carbocycles. The molecule has 6 heteroatoms. The number of hydrogen-bond acceptors (Lipinski definition) is 1. The van der Waals surface area contributed by atoms with Crippen LogP contribution in [-0.2, 0) is 0 Å². The Labute approximate surface area is 61.8 Å². The molecule has 0 heterocycles. The molecule has 0 saturated carbocycles. The van der Waals surface area contributed by atoms with Crippen molar-refractivity contribution in [2.45, 2.75) is 13.1 Å². The zero-order valence-electron chi connectivity index (χ0n) is 5.87. The van der Waals surface area contributed by atoms with Gasteiger partial charge in [-0.15, -0.1) is 0 Å². The van der Waals surface area contributed by atoms with Crippen molar-refractivity contribution < 1.29 is 13.2 Å². The van der Waals surface area contributed by atoms with Crippen LogP contribution in [0.15, 0.2) is 4.99 Å². The maximum absolute atomic E-state index is 11.4. The molecule has 0 aromatic carbocycles. The van der Waals surface area contributed by atoms with Gasteiger partial charge in [-0.05, 0) is 6.92 Å². The molecule has 11 heavy (non-hydrogen) atoms. The van der Waals surface area contributed by atoms with E-state index in [0.29, 0.717) is 0 Å². The lowest BCUT2D eigenvalue weighted by Gasteiger charge is -2.06. The maximum Gasteiger partial charge on any atom is 0.405 e. The van der Waals surface area contributed by atoms with Crippen molar-refractivity contribution in [2.24, 2.45) is 4.99 Å². The molecule has 0 aliphatic rings. The average Bonchev–Trinajstić information content (AvgIpc) is 1.83. The summed E-state index contributed by atoms with van der Waals surface area (Å²) in [5.74, 6) is -0.482. The molecule has 64 valence electrons. The predicted octanol–water partition coefficient (Wildman–Crippen LogP) is 1.16. The van der Waals surface area contributed by atoms with Gasteiger partial charge in [-0.1, -0.05) is 0 Å². The van der Waals surface area contributed by atoms with Crippen molar-refractivity contribution in [2.75, 3.05) is 6.54 Å². The number of alkyl halides is 3. The second-order valence-corrected chi connectivity index (χ2v) is 1.70. The van der Waals surface area contributed by atoms with Crippen molar-refractivity contribution in [3.8, 4) is 0 Å². The molecule has 0 unspecified atom stereocenters. The van der Waals surface area contributed by atoms with Crippen LogP contribution in [0, 0.1) is 5.41 Å². The zero-order chi connectivity index (χ0) is 8.91. The second kappa shape index (κ2) is 3.95. The summed E-state index contributed by atoms with van der Waals surface area (Å²) in [6.07, 6.45) is -3.05. The van der Waals surface area contributed by atoms with Crippen LogP contribution in [0.4, 0.5) is 13.2 Å². The third-order valence-corrected chi connectivity index (χ3v) is 0.714. The molecule has 0 spiro atoms. The zero-order valence-corrected chi connectivity index (χ0v) is 5.87. The lowest BCUT2D eigenvalue weighted by molar-refractivity contribution is -0.122. The van der Waals surface area contributed by atoms with Gasteiger partial charge >= 0.3 is 6.18 Å². The third kappa shape index (κ3) is 6.82. The highest BCUT2D eigenvalue weighted by Gasteiger charge is 2.26. The fourth-order valence-corrected chi connectivity index (χ4v) is 0.359. The summed E-state index contributed by atoms with van der Waals surface area (Å²) in [6, 6.07) is 0. The van der Waals surface area contributed by atoms with Gasteiger partial charge in [-0.2, -0.15) is 13.2 Å². The Bertz CT molecular complexity index is 161. The topological polar surface area (TPSA) is 48.2 Å². The van der Waals surface area contributed by atoms with Crippen LogP contribution in [0.3, 0.4) is 0 Å². The highest BCUT2D eigenvalue weighted by atomic mass is 19.4. The Morgan fingerprint density at radius 2 is 2.18 bits per heavy atom. The summed E-state index contributed by atoms with van der Waals surface area (Å²) in [7, 11) is 0. The highest BCUT2D eigenvalue weighted by Crippen LogP contribution is 2.11. The number of aliphatic imine (C=N–C) groups is 1. The highest BCUT2D eigenvalue weighted by molar-refractivity contribution is 5.84. The van der Waals surface area contributed by atoms with Crippen LogP contribution in [0.25, 0.3) is 0 Å². The van der Waals surface area contributed by atoms with Crippen LogP contribution in [0.1, 0.15) is 6.92 Å². The predicted molar refractivity (Wildman–Crippen MR) is 36.0 cm³/mol. The molecule has 0 aromatic rings. The van der Waals surface area contributed by atoms with Crippen LogP contribution in [0.2, 0.25) is 0 Å². The minimum Gasteiger partial charge on any atom is -0.346 e. The fourth-order valence-electron chi connectivity index (χ4n) is 0.359. The number of halogens is 3. The van der Waals surface area contributed by atoms with E-state index >= 15 is 0 Å². The summed E-state index contributed by atoms with van der Waals surface area (Å²) >= 11 is 0. The van der Waals surface area contributed by atoms with Crippen molar-refractivity contribution in [3.63, 3.8) is 0 Å². The normalized spacial score (nSPS) is 12.0. The molecule has 0 rings (SSSR count). The SMILES string of the molecule is C/C=N\C(=N)NCC(F)(F)F. The van der Waals surface area contributed by atoms with Crippen LogP contribution >= 0.6 is 0 Å². The third-order valence-electron chi connectivity index (χ3n) is 0.714. The van der Waals surface area contributed by atoms with Gasteiger partial charge in [0.25, 0.3) is 0 Å². The fraction of sp³-hybridized carbons (Fsp3) is 0.600. The maximum atomic E-state index is 11.4. The number of hydrogen-bond donors (Lipinski definition) is 2. The lowest BCUT2D eigenvalue weighted by Crippen LogP contribution is -2.32. The summed E-state index contributed by atoms with van der Waals surface area (Å²) in [6.45, 7) is 0.299. The Kier molecular flexibility index (Phi) is 3.56. The number of guanidine groups is 1. The van der Waals surface area contributed by atoms with E-state index in [9.17, 15) is 13.2 Å². The summed E-state index contributed by atoms with van der Waals surface area (Å²) in [4.78, 5) is 3.27. The minimum absolute atomic E-state index is 0.482. The summed E-state index contributed by atoms with van der Waals surface area (Å²) in [5, 5.41) is 8.54. The van der Waals surface area contributed by atoms with E-state index in [1.807, 2.05) is 0 Å². The minimum atomic E-state index is -4.30. The molecule has 0 saturated heterocycles. The standard InChI is InChI=1S/C5H8F3N3/c1-2-10-4(9)11-3-5(6,7)8/h2H,3H2,1H3,(H2,9,11)/b10-2-. The molecular formula is C5H8F3N3. The first-order chi connectivity index (χ1) is 4.95. The van der Waals surface area contributed by atoms with Crippen molar-refractivity contribution in [3.05, 3.63) is 0 Å². The largest absolute Gasteiger partial charge is 0.405 e. The summed E-state index contributed by atoms with van der Waals surface area (Å²) < 4.78 is 34.3. The van der Waals surface area contributed by atoms with E-state index in [-0.39, 0.29) is 0 Å². The summed E-state index contributed by atoms with van der Waals surface area (Å²) in [5.41, 5.74) is 0. The molecular weight excluding hydrogens is 159 g/mol. The van der Waals surface area contributed by atoms with Gasteiger partial charge in [-0.3, -0.25) is 5.41 Å². The average molecular weight is 167 g/mol. The van der Waals surface area contributed by atoms with E-state index < -0.39 is 18.7 Å². The van der Waals surface area contributed by atoms with Gasteiger partial charge < -0.3 is 5.32 Å². The van der Waals surface area contributed by atoms with E-state index in [1.54, 1.807) is 5.32 Å². The monoisotopic (exact) mass is 167 g/mol. The quantitative estimate of drug-likeness (QED) is 0.447. The molecule has 0 aromatic heterocycles. The van der Waals surface area contributed by atoms with Crippen molar-refractivity contribution in [1.29, 1.82) is 5.41 Å². The van der Waals surface area contributed by atoms with E-state index in [2.05, 4.69) is 4.99 Å².